The van der Waals surface area contributed by atoms with E-state index in [0.717, 1.165) is 17.3 Å². The van der Waals surface area contributed by atoms with Crippen molar-refractivity contribution in [1.82, 2.24) is 0 Å². The van der Waals surface area contributed by atoms with Gasteiger partial charge in [-0.1, -0.05) is 0 Å². The van der Waals surface area contributed by atoms with E-state index in [1.165, 1.54) is 18.9 Å². The fourth-order valence-electron chi connectivity index (χ4n) is 1.05. The molecule has 0 unspecified atom stereocenters. The summed E-state index contributed by atoms with van der Waals surface area (Å²) in [6, 6.07) is 0. The van der Waals surface area contributed by atoms with Crippen LogP contribution in [0.25, 0.3) is 0 Å². The molecule has 3 nitrogen and oxygen atoms in total. The Balaban J connectivity index is 2.59. The molecule has 0 saturated carbocycles. The minimum Gasteiger partial charge on any atom is -0.495 e. The SMILES string of the molecule is COC(=O)C1=C(CSCCCl)OCCS1. The average Bonchev–Trinajstić information content (AvgIpc) is 2.29. The van der Waals surface area contributed by atoms with Crippen LogP contribution < -0.4 is 0 Å². The number of hydrogen-bond acceptors (Lipinski definition) is 5. The van der Waals surface area contributed by atoms with Crippen LogP contribution in [0.3, 0.4) is 0 Å². The zero-order chi connectivity index (χ0) is 11.1. The number of hydrogen-bond donors (Lipinski definition) is 0. The number of alkyl halides is 1. The van der Waals surface area contributed by atoms with Crippen LogP contribution in [0.15, 0.2) is 10.7 Å². The van der Waals surface area contributed by atoms with E-state index in [1.807, 2.05) is 0 Å². The van der Waals surface area contributed by atoms with Crippen molar-refractivity contribution in [2.24, 2.45) is 0 Å². The molecule has 0 amide bonds. The molecule has 0 aromatic rings. The Morgan fingerprint density at radius 2 is 2.53 bits per heavy atom. The molecular formula is C9H13ClO3S2. The summed E-state index contributed by atoms with van der Waals surface area (Å²) >= 11 is 8.72. The Hall–Kier alpha value is -0.000000000000000111. The number of carbonyl (C=O) groups is 1. The van der Waals surface area contributed by atoms with E-state index in [9.17, 15) is 4.79 Å². The summed E-state index contributed by atoms with van der Waals surface area (Å²) in [4.78, 5) is 12.0. The van der Waals surface area contributed by atoms with E-state index in [2.05, 4.69) is 0 Å². The Kier molecular flexibility index (Phi) is 6.36. The maximum atomic E-state index is 11.4. The summed E-state index contributed by atoms with van der Waals surface area (Å²) in [6.07, 6.45) is 0. The summed E-state index contributed by atoms with van der Waals surface area (Å²) in [5, 5.41) is 0. The van der Waals surface area contributed by atoms with Crippen molar-refractivity contribution in [2.45, 2.75) is 0 Å². The summed E-state index contributed by atoms with van der Waals surface area (Å²) in [6.45, 7) is 0.655. The molecule has 1 aliphatic heterocycles. The highest BCUT2D eigenvalue weighted by atomic mass is 35.5. The fourth-order valence-corrected chi connectivity index (χ4v) is 3.00. The summed E-state index contributed by atoms with van der Waals surface area (Å²) in [7, 11) is 1.38. The van der Waals surface area contributed by atoms with Gasteiger partial charge in [0, 0.05) is 17.4 Å². The minimum atomic E-state index is -0.304. The molecule has 0 radical (unpaired) electrons. The fraction of sp³-hybridized carbons (Fsp3) is 0.667. The second-order valence-corrected chi connectivity index (χ2v) is 5.27. The van der Waals surface area contributed by atoms with E-state index < -0.39 is 0 Å². The van der Waals surface area contributed by atoms with Gasteiger partial charge in [0.25, 0.3) is 0 Å². The van der Waals surface area contributed by atoms with E-state index in [4.69, 9.17) is 21.1 Å². The topological polar surface area (TPSA) is 35.5 Å². The van der Waals surface area contributed by atoms with Crippen LogP contribution in [-0.2, 0) is 14.3 Å². The first kappa shape index (κ1) is 13.1. The van der Waals surface area contributed by atoms with Crippen molar-refractivity contribution in [2.75, 3.05) is 36.9 Å². The Labute approximate surface area is 103 Å². The van der Waals surface area contributed by atoms with E-state index >= 15 is 0 Å². The quantitative estimate of drug-likeness (QED) is 0.434. The molecular weight excluding hydrogens is 256 g/mol. The number of rotatable bonds is 5. The molecule has 0 aromatic carbocycles. The summed E-state index contributed by atoms with van der Waals surface area (Å²) in [5.41, 5.74) is 0. The van der Waals surface area contributed by atoms with Crippen LogP contribution in [0.2, 0.25) is 0 Å². The van der Waals surface area contributed by atoms with Gasteiger partial charge in [-0.15, -0.1) is 23.4 Å². The third kappa shape index (κ3) is 4.17. The lowest BCUT2D eigenvalue weighted by Gasteiger charge is -2.19. The highest BCUT2D eigenvalue weighted by Gasteiger charge is 2.21. The average molecular weight is 269 g/mol. The van der Waals surface area contributed by atoms with Gasteiger partial charge in [0.05, 0.1) is 19.5 Å². The third-order valence-electron chi connectivity index (χ3n) is 1.68. The number of carbonyl (C=O) groups excluding carboxylic acids is 1. The van der Waals surface area contributed by atoms with Gasteiger partial charge in [0.2, 0.25) is 0 Å². The lowest BCUT2D eigenvalue weighted by atomic mass is 10.4. The molecule has 0 saturated heterocycles. The van der Waals surface area contributed by atoms with Crippen molar-refractivity contribution in [3.8, 4) is 0 Å². The lowest BCUT2D eigenvalue weighted by molar-refractivity contribution is -0.135. The summed E-state index contributed by atoms with van der Waals surface area (Å²) < 4.78 is 10.1. The number of methoxy groups -OCH3 is 1. The molecule has 1 rings (SSSR count). The second kappa shape index (κ2) is 7.30. The van der Waals surface area contributed by atoms with Crippen molar-refractivity contribution in [3.05, 3.63) is 10.7 Å². The molecule has 0 atom stereocenters. The van der Waals surface area contributed by atoms with Crippen molar-refractivity contribution in [1.29, 1.82) is 0 Å². The largest absolute Gasteiger partial charge is 0.495 e. The monoisotopic (exact) mass is 268 g/mol. The predicted octanol–water partition coefficient (Wildman–Crippen LogP) is 2.11. The van der Waals surface area contributed by atoms with Crippen LogP contribution in [0.4, 0.5) is 0 Å². The van der Waals surface area contributed by atoms with E-state index in [1.54, 1.807) is 11.8 Å². The van der Waals surface area contributed by atoms with Crippen LogP contribution in [0.5, 0.6) is 0 Å². The van der Waals surface area contributed by atoms with Crippen LogP contribution in [0.1, 0.15) is 0 Å². The number of thioether (sulfide) groups is 2. The van der Waals surface area contributed by atoms with Gasteiger partial charge in [-0.2, -0.15) is 11.8 Å². The zero-order valence-electron chi connectivity index (χ0n) is 8.45. The molecule has 0 aromatic heterocycles. The standard InChI is InChI=1S/C9H13ClO3S2/c1-12-9(11)8-7(6-14-4-2-10)13-3-5-15-8/h2-6H2,1H3. The third-order valence-corrected chi connectivity index (χ3v) is 4.11. The second-order valence-electron chi connectivity index (χ2n) is 2.68. The van der Waals surface area contributed by atoms with Crippen LogP contribution in [0, 0.1) is 0 Å². The highest BCUT2D eigenvalue weighted by Crippen LogP contribution is 2.28. The first-order valence-corrected chi connectivity index (χ1v) is 7.18. The maximum Gasteiger partial charge on any atom is 0.347 e. The predicted molar refractivity (Wildman–Crippen MR) is 65.5 cm³/mol. The van der Waals surface area contributed by atoms with E-state index in [-0.39, 0.29) is 5.97 Å². The molecule has 15 heavy (non-hydrogen) atoms. The number of ether oxygens (including phenoxy) is 2. The van der Waals surface area contributed by atoms with Crippen LogP contribution in [-0.4, -0.2) is 42.8 Å². The Morgan fingerprint density at radius 1 is 1.73 bits per heavy atom. The number of halogens is 1. The molecule has 1 heterocycles. The molecule has 0 bridgehead atoms. The minimum absolute atomic E-state index is 0.304. The molecule has 1 aliphatic rings. The first-order valence-electron chi connectivity index (χ1n) is 4.50. The van der Waals surface area contributed by atoms with Gasteiger partial charge in [-0.3, -0.25) is 0 Å². The molecule has 86 valence electrons. The molecule has 0 fully saturated rings. The Morgan fingerprint density at radius 3 is 3.20 bits per heavy atom. The van der Waals surface area contributed by atoms with Crippen molar-refractivity contribution in [3.63, 3.8) is 0 Å². The van der Waals surface area contributed by atoms with Gasteiger partial charge in [-0.25, -0.2) is 4.79 Å². The van der Waals surface area contributed by atoms with Gasteiger partial charge >= 0.3 is 5.97 Å². The highest BCUT2D eigenvalue weighted by molar-refractivity contribution is 8.04. The summed E-state index contributed by atoms with van der Waals surface area (Å²) in [5.74, 6) is 3.37. The van der Waals surface area contributed by atoms with Crippen molar-refractivity contribution < 1.29 is 14.3 Å². The molecule has 0 spiro atoms. The molecule has 0 N–H and O–H groups in total. The first-order chi connectivity index (χ1) is 7.29. The number of esters is 1. The van der Waals surface area contributed by atoms with Gasteiger partial charge < -0.3 is 9.47 Å². The van der Waals surface area contributed by atoms with E-state index in [0.29, 0.717) is 23.1 Å². The molecule has 0 aliphatic carbocycles. The normalized spacial score (nSPS) is 16.1. The van der Waals surface area contributed by atoms with Gasteiger partial charge in [-0.05, 0) is 0 Å². The molecule has 6 heteroatoms. The smallest absolute Gasteiger partial charge is 0.347 e. The van der Waals surface area contributed by atoms with Crippen LogP contribution >= 0.6 is 35.1 Å². The van der Waals surface area contributed by atoms with Gasteiger partial charge in [0.15, 0.2) is 0 Å². The zero-order valence-corrected chi connectivity index (χ0v) is 10.8. The lowest BCUT2D eigenvalue weighted by Crippen LogP contribution is -2.15. The van der Waals surface area contributed by atoms with Crippen molar-refractivity contribution >= 4 is 41.1 Å². The van der Waals surface area contributed by atoms with Gasteiger partial charge in [0.1, 0.15) is 10.7 Å². The Bertz CT molecular complexity index is 256. The maximum absolute atomic E-state index is 11.4.